The Balaban J connectivity index is 1.74. The average molecular weight is 457 g/mol. The zero-order valence-corrected chi connectivity index (χ0v) is 16.9. The molecule has 27 heavy (non-hydrogen) atoms. The molecule has 0 aliphatic carbocycles. The van der Waals surface area contributed by atoms with E-state index in [0.717, 1.165) is 10.0 Å². The van der Waals surface area contributed by atoms with Gasteiger partial charge in [0.1, 0.15) is 12.4 Å². The minimum Gasteiger partial charge on any atom is -0.493 e. The van der Waals surface area contributed by atoms with Crippen LogP contribution in [0.3, 0.4) is 0 Å². The number of rotatable bonds is 7. The van der Waals surface area contributed by atoms with Gasteiger partial charge in [0.15, 0.2) is 11.5 Å². The van der Waals surface area contributed by atoms with Gasteiger partial charge in [-0.3, -0.25) is 0 Å². The smallest absolute Gasteiger partial charge is 0.242 e. The first-order valence-corrected chi connectivity index (χ1v) is 9.04. The average Bonchev–Trinajstić information content (AvgIpc) is 3.05. The van der Waals surface area contributed by atoms with Gasteiger partial charge >= 0.3 is 0 Å². The van der Waals surface area contributed by atoms with E-state index in [0.29, 0.717) is 34.6 Å². The third kappa shape index (κ3) is 4.67. The second kappa shape index (κ2) is 8.53. The van der Waals surface area contributed by atoms with Crippen LogP contribution in [0.1, 0.15) is 11.1 Å². The molecular weight excluding hydrogens is 441 g/mol. The highest BCUT2D eigenvalue weighted by molar-refractivity contribution is 9.10. The number of nitrogens with zero attached hydrogens (tertiary/aromatic N) is 4. The number of aromatic nitrogens is 4. The number of anilines is 1. The third-order valence-electron chi connectivity index (χ3n) is 3.79. The monoisotopic (exact) mass is 455 g/mol. The van der Waals surface area contributed by atoms with Crippen molar-refractivity contribution in [1.82, 2.24) is 20.2 Å². The predicted molar refractivity (Wildman–Crippen MR) is 103 cm³/mol. The normalized spacial score (nSPS) is 10.7. The van der Waals surface area contributed by atoms with E-state index in [-0.39, 0.29) is 12.4 Å². The van der Waals surface area contributed by atoms with Crippen molar-refractivity contribution in [2.75, 3.05) is 12.4 Å². The Labute approximate surface area is 168 Å². The van der Waals surface area contributed by atoms with Gasteiger partial charge in [-0.15, -0.1) is 0 Å². The van der Waals surface area contributed by atoms with Gasteiger partial charge in [0, 0.05) is 23.6 Å². The zero-order chi connectivity index (χ0) is 19.4. The van der Waals surface area contributed by atoms with E-state index in [1.807, 2.05) is 12.1 Å². The van der Waals surface area contributed by atoms with Crippen molar-refractivity contribution in [3.8, 4) is 11.5 Å². The van der Waals surface area contributed by atoms with E-state index < -0.39 is 0 Å². The van der Waals surface area contributed by atoms with Gasteiger partial charge in [-0.2, -0.15) is 0 Å². The molecule has 0 aliphatic heterocycles. The summed E-state index contributed by atoms with van der Waals surface area (Å²) in [4.78, 5) is 0. The summed E-state index contributed by atoms with van der Waals surface area (Å²) in [7, 11) is 3.31. The van der Waals surface area contributed by atoms with Gasteiger partial charge in [0.2, 0.25) is 5.95 Å². The first kappa shape index (κ1) is 19.4. The molecule has 0 aliphatic rings. The number of hydrogen-bond donors (Lipinski definition) is 1. The van der Waals surface area contributed by atoms with Crippen molar-refractivity contribution in [1.29, 1.82) is 0 Å². The first-order valence-electron chi connectivity index (χ1n) is 7.87. The second-order valence-electron chi connectivity index (χ2n) is 5.60. The van der Waals surface area contributed by atoms with E-state index >= 15 is 0 Å². The van der Waals surface area contributed by atoms with Gasteiger partial charge in [0.25, 0.3) is 0 Å². The summed E-state index contributed by atoms with van der Waals surface area (Å²) in [6.07, 6.45) is 0. The SMILES string of the molecule is COc1cc(CNc2nnnn2C)c(Br)cc1OCc1ccc(F)cc1Cl. The molecule has 0 radical (unpaired) electrons. The molecule has 7 nitrogen and oxygen atoms in total. The van der Waals surface area contributed by atoms with E-state index in [1.54, 1.807) is 20.2 Å². The molecule has 142 valence electrons. The van der Waals surface area contributed by atoms with Crippen molar-refractivity contribution in [3.63, 3.8) is 0 Å². The maximum atomic E-state index is 13.2. The van der Waals surface area contributed by atoms with Gasteiger partial charge in [-0.1, -0.05) is 38.7 Å². The van der Waals surface area contributed by atoms with Crippen LogP contribution in [0.25, 0.3) is 0 Å². The predicted octanol–water partition coefficient (Wildman–Crippen LogP) is 3.96. The quantitative estimate of drug-likeness (QED) is 0.580. The molecule has 0 spiro atoms. The number of tetrazole rings is 1. The Kier molecular flexibility index (Phi) is 6.12. The molecule has 0 saturated carbocycles. The fourth-order valence-corrected chi connectivity index (χ4v) is 3.02. The molecule has 1 N–H and O–H groups in total. The molecular formula is C17H16BrClFN5O2. The van der Waals surface area contributed by atoms with Crippen LogP contribution in [0.15, 0.2) is 34.8 Å². The Morgan fingerprint density at radius 3 is 2.70 bits per heavy atom. The van der Waals surface area contributed by atoms with Crippen LogP contribution in [0.4, 0.5) is 10.3 Å². The van der Waals surface area contributed by atoms with Crippen LogP contribution in [0.5, 0.6) is 11.5 Å². The number of aryl methyl sites for hydroxylation is 1. The Morgan fingerprint density at radius 1 is 1.22 bits per heavy atom. The van der Waals surface area contributed by atoms with E-state index in [2.05, 4.69) is 36.8 Å². The largest absolute Gasteiger partial charge is 0.493 e. The second-order valence-corrected chi connectivity index (χ2v) is 6.86. The molecule has 2 aromatic carbocycles. The van der Waals surface area contributed by atoms with E-state index in [4.69, 9.17) is 21.1 Å². The van der Waals surface area contributed by atoms with Gasteiger partial charge in [0.05, 0.1) is 12.1 Å². The van der Waals surface area contributed by atoms with Gasteiger partial charge in [-0.25, -0.2) is 9.07 Å². The molecule has 10 heteroatoms. The standard InChI is InChI=1S/C17H16BrClFN5O2/c1-25-17(22-23-24-25)21-8-11-5-15(26-2)16(7-13(11)18)27-9-10-3-4-12(20)6-14(10)19/h3-7H,8-9H2,1-2H3,(H,21,22,24). The minimum absolute atomic E-state index is 0.185. The van der Waals surface area contributed by atoms with Crippen molar-refractivity contribution in [2.45, 2.75) is 13.2 Å². The Hall–Kier alpha value is -2.39. The lowest BCUT2D eigenvalue weighted by Gasteiger charge is -2.15. The highest BCUT2D eigenvalue weighted by Crippen LogP contribution is 2.34. The first-order chi connectivity index (χ1) is 13.0. The maximum Gasteiger partial charge on any atom is 0.242 e. The van der Waals surface area contributed by atoms with Crippen LogP contribution in [-0.4, -0.2) is 27.3 Å². The Morgan fingerprint density at radius 2 is 2.04 bits per heavy atom. The number of ether oxygens (including phenoxy) is 2. The van der Waals surface area contributed by atoms with Crippen LogP contribution in [0.2, 0.25) is 5.02 Å². The lowest BCUT2D eigenvalue weighted by Crippen LogP contribution is -2.07. The summed E-state index contributed by atoms with van der Waals surface area (Å²) >= 11 is 9.58. The minimum atomic E-state index is -0.390. The highest BCUT2D eigenvalue weighted by atomic mass is 79.9. The van der Waals surface area contributed by atoms with E-state index in [1.165, 1.54) is 16.8 Å². The topological polar surface area (TPSA) is 74.1 Å². The van der Waals surface area contributed by atoms with Crippen LogP contribution in [-0.2, 0) is 20.2 Å². The number of benzene rings is 2. The lowest BCUT2D eigenvalue weighted by atomic mass is 10.2. The lowest BCUT2D eigenvalue weighted by molar-refractivity contribution is 0.284. The zero-order valence-electron chi connectivity index (χ0n) is 14.5. The van der Waals surface area contributed by atoms with Crippen molar-refractivity contribution < 1.29 is 13.9 Å². The summed E-state index contributed by atoms with van der Waals surface area (Å²) in [5.41, 5.74) is 1.61. The molecule has 0 bridgehead atoms. The van der Waals surface area contributed by atoms with E-state index in [9.17, 15) is 4.39 Å². The Bertz CT molecular complexity index is 953. The molecule has 3 rings (SSSR count). The molecule has 0 saturated heterocycles. The molecule has 0 atom stereocenters. The fraction of sp³-hybridized carbons (Fsp3) is 0.235. The molecule has 1 heterocycles. The molecule has 0 unspecified atom stereocenters. The summed E-state index contributed by atoms with van der Waals surface area (Å²) < 4.78 is 26.8. The van der Waals surface area contributed by atoms with Crippen molar-refractivity contribution >= 4 is 33.5 Å². The van der Waals surface area contributed by atoms with Gasteiger partial charge < -0.3 is 14.8 Å². The molecule has 0 fully saturated rings. The van der Waals surface area contributed by atoms with Gasteiger partial charge in [-0.05, 0) is 40.3 Å². The number of hydrogen-bond acceptors (Lipinski definition) is 6. The summed E-state index contributed by atoms with van der Waals surface area (Å²) in [6, 6.07) is 7.84. The summed E-state index contributed by atoms with van der Waals surface area (Å²) in [6.45, 7) is 0.666. The maximum absolute atomic E-state index is 13.2. The van der Waals surface area contributed by atoms with Crippen LogP contribution in [0, 0.1) is 5.82 Å². The number of halogens is 3. The molecule has 0 amide bonds. The molecule has 3 aromatic rings. The van der Waals surface area contributed by atoms with Crippen LogP contribution < -0.4 is 14.8 Å². The van der Waals surface area contributed by atoms with Crippen molar-refractivity contribution in [2.24, 2.45) is 7.05 Å². The summed E-state index contributed by atoms with van der Waals surface area (Å²) in [5.74, 6) is 1.25. The summed E-state index contributed by atoms with van der Waals surface area (Å²) in [5, 5.41) is 14.7. The van der Waals surface area contributed by atoms with Crippen LogP contribution >= 0.6 is 27.5 Å². The third-order valence-corrected chi connectivity index (χ3v) is 4.88. The fourth-order valence-electron chi connectivity index (χ4n) is 2.33. The highest BCUT2D eigenvalue weighted by Gasteiger charge is 2.12. The van der Waals surface area contributed by atoms with Crippen molar-refractivity contribution in [3.05, 3.63) is 56.8 Å². The molecule has 1 aromatic heterocycles. The number of nitrogens with one attached hydrogen (secondary N) is 1. The number of methoxy groups -OCH3 is 1.